The van der Waals surface area contributed by atoms with Crippen molar-refractivity contribution >= 4 is 35.1 Å². The van der Waals surface area contributed by atoms with Gasteiger partial charge in [-0.25, -0.2) is 9.78 Å². The van der Waals surface area contributed by atoms with Crippen LogP contribution in [0.2, 0.25) is 5.02 Å². The predicted molar refractivity (Wildman–Crippen MR) is 77.0 cm³/mol. The highest BCUT2D eigenvalue weighted by Crippen LogP contribution is 2.32. The lowest BCUT2D eigenvalue weighted by atomic mass is 10.3. The molecular weight excluding hydrogens is 302 g/mol. The van der Waals surface area contributed by atoms with Crippen LogP contribution in [-0.4, -0.2) is 27.4 Å². The number of ether oxygens (including phenoxy) is 1. The number of aromatic nitrogens is 2. The van der Waals surface area contributed by atoms with Crippen LogP contribution in [0.15, 0.2) is 35.6 Å². The van der Waals surface area contributed by atoms with Crippen LogP contribution in [0.25, 0.3) is 0 Å². The van der Waals surface area contributed by atoms with Gasteiger partial charge in [0.25, 0.3) is 0 Å². The van der Waals surface area contributed by atoms with Crippen molar-refractivity contribution in [2.24, 2.45) is 0 Å². The van der Waals surface area contributed by atoms with Gasteiger partial charge >= 0.3 is 6.09 Å². The van der Waals surface area contributed by atoms with Gasteiger partial charge in [-0.3, -0.25) is 5.32 Å². The Morgan fingerprint density at radius 1 is 1.45 bits per heavy atom. The number of nitrogens with zero attached hydrogens (tertiary/aromatic N) is 2. The lowest BCUT2D eigenvalue weighted by molar-refractivity contribution is 0.209. The van der Waals surface area contributed by atoms with Crippen LogP contribution in [0.1, 0.15) is 0 Å². The monoisotopic (exact) mass is 311 g/mol. The second-order valence-electron chi connectivity index (χ2n) is 3.54. The molecule has 0 radical (unpaired) electrons. The molecule has 0 bridgehead atoms. The van der Waals surface area contributed by atoms with Gasteiger partial charge in [-0.15, -0.1) is 0 Å². The van der Waals surface area contributed by atoms with E-state index >= 15 is 0 Å². The van der Waals surface area contributed by atoms with Crippen LogP contribution in [0.5, 0.6) is 11.6 Å². The maximum atomic E-state index is 10.7. The molecule has 2 rings (SSSR count). The maximum Gasteiger partial charge on any atom is 0.409 e. The molecule has 0 aliphatic carbocycles. The predicted octanol–water partition coefficient (Wildman–Crippen LogP) is 3.73. The first kappa shape index (κ1) is 14.4. The Morgan fingerprint density at radius 3 is 2.85 bits per heavy atom. The topological polar surface area (TPSA) is 84.3 Å². The van der Waals surface area contributed by atoms with Gasteiger partial charge in [0.05, 0.1) is 11.2 Å². The van der Waals surface area contributed by atoms with E-state index in [1.165, 1.54) is 18.0 Å². The number of amides is 1. The quantitative estimate of drug-likeness (QED) is 0.661. The normalized spacial score (nSPS) is 10.1. The smallest absolute Gasteiger partial charge is 0.409 e. The highest BCUT2D eigenvalue weighted by atomic mass is 35.5. The number of halogens is 1. The molecule has 0 unspecified atom stereocenters. The molecule has 0 saturated carbocycles. The molecule has 0 saturated heterocycles. The van der Waals surface area contributed by atoms with E-state index in [1.54, 1.807) is 30.5 Å². The molecule has 2 aromatic rings. The molecule has 20 heavy (non-hydrogen) atoms. The number of hydrogen-bond acceptors (Lipinski definition) is 5. The SMILES string of the molecule is CSc1ncc(NC(=O)O)c(Oc2ccccc2Cl)n1. The summed E-state index contributed by atoms with van der Waals surface area (Å²) >= 11 is 7.31. The summed E-state index contributed by atoms with van der Waals surface area (Å²) in [6, 6.07) is 6.84. The molecule has 1 amide bonds. The van der Waals surface area contributed by atoms with Crippen molar-refractivity contribution in [3.05, 3.63) is 35.5 Å². The number of hydrogen-bond donors (Lipinski definition) is 2. The van der Waals surface area contributed by atoms with Gasteiger partial charge in [0.2, 0.25) is 5.88 Å². The molecule has 104 valence electrons. The first-order valence-electron chi connectivity index (χ1n) is 5.43. The third-order valence-electron chi connectivity index (χ3n) is 2.20. The van der Waals surface area contributed by atoms with Crippen LogP contribution in [0.4, 0.5) is 10.5 Å². The fraction of sp³-hybridized carbons (Fsp3) is 0.0833. The first-order valence-corrected chi connectivity index (χ1v) is 7.04. The Morgan fingerprint density at radius 2 is 2.20 bits per heavy atom. The van der Waals surface area contributed by atoms with E-state index < -0.39 is 6.09 Å². The van der Waals surface area contributed by atoms with E-state index in [1.807, 2.05) is 0 Å². The Balaban J connectivity index is 2.37. The third kappa shape index (κ3) is 3.52. The third-order valence-corrected chi connectivity index (χ3v) is 3.07. The van der Waals surface area contributed by atoms with E-state index in [0.29, 0.717) is 15.9 Å². The maximum absolute atomic E-state index is 10.7. The summed E-state index contributed by atoms with van der Waals surface area (Å²) in [5.41, 5.74) is 0.148. The molecule has 0 aliphatic heterocycles. The lowest BCUT2D eigenvalue weighted by Crippen LogP contribution is -2.09. The molecule has 2 N–H and O–H groups in total. The zero-order valence-electron chi connectivity index (χ0n) is 10.3. The van der Waals surface area contributed by atoms with Crippen molar-refractivity contribution < 1.29 is 14.6 Å². The number of carbonyl (C=O) groups is 1. The summed E-state index contributed by atoms with van der Waals surface area (Å²) in [5.74, 6) is 0.480. The number of anilines is 1. The van der Waals surface area contributed by atoms with E-state index in [4.69, 9.17) is 21.4 Å². The highest BCUT2D eigenvalue weighted by Gasteiger charge is 2.13. The minimum atomic E-state index is -1.23. The highest BCUT2D eigenvalue weighted by molar-refractivity contribution is 7.98. The average Bonchev–Trinajstić information content (AvgIpc) is 2.42. The van der Waals surface area contributed by atoms with E-state index in [2.05, 4.69) is 15.3 Å². The molecule has 1 aromatic carbocycles. The Kier molecular flexibility index (Phi) is 4.65. The van der Waals surface area contributed by atoms with Crippen molar-refractivity contribution in [2.75, 3.05) is 11.6 Å². The number of carboxylic acid groups (broad SMARTS) is 1. The molecule has 1 heterocycles. The molecule has 1 aromatic heterocycles. The van der Waals surface area contributed by atoms with Crippen LogP contribution < -0.4 is 10.1 Å². The fourth-order valence-electron chi connectivity index (χ4n) is 1.36. The molecule has 0 spiro atoms. The largest absolute Gasteiger partial charge is 0.465 e. The zero-order chi connectivity index (χ0) is 14.5. The number of thioether (sulfide) groups is 1. The van der Waals surface area contributed by atoms with Crippen LogP contribution in [-0.2, 0) is 0 Å². The van der Waals surface area contributed by atoms with Gasteiger partial charge in [0.15, 0.2) is 5.16 Å². The van der Waals surface area contributed by atoms with Gasteiger partial charge in [-0.1, -0.05) is 35.5 Å². The van der Waals surface area contributed by atoms with Crippen LogP contribution in [0, 0.1) is 0 Å². The van der Waals surface area contributed by atoms with Gasteiger partial charge < -0.3 is 9.84 Å². The van der Waals surface area contributed by atoms with Gasteiger partial charge in [0.1, 0.15) is 11.4 Å². The second kappa shape index (κ2) is 6.44. The summed E-state index contributed by atoms with van der Waals surface area (Å²) in [6.45, 7) is 0. The van der Waals surface area contributed by atoms with Crippen LogP contribution in [0.3, 0.4) is 0 Å². The number of nitrogens with one attached hydrogen (secondary N) is 1. The van der Waals surface area contributed by atoms with Crippen molar-refractivity contribution in [1.29, 1.82) is 0 Å². The Labute approximate surface area is 124 Å². The summed E-state index contributed by atoms with van der Waals surface area (Å²) < 4.78 is 5.56. The van der Waals surface area contributed by atoms with Crippen molar-refractivity contribution in [1.82, 2.24) is 9.97 Å². The van der Waals surface area contributed by atoms with E-state index in [9.17, 15) is 4.79 Å². The molecule has 0 fully saturated rings. The van der Waals surface area contributed by atoms with Crippen molar-refractivity contribution in [3.8, 4) is 11.6 Å². The van der Waals surface area contributed by atoms with Gasteiger partial charge in [-0.2, -0.15) is 4.98 Å². The second-order valence-corrected chi connectivity index (χ2v) is 4.72. The number of para-hydroxylation sites is 1. The molecule has 0 aliphatic rings. The fourth-order valence-corrected chi connectivity index (χ4v) is 1.87. The first-order chi connectivity index (χ1) is 9.60. The van der Waals surface area contributed by atoms with Crippen molar-refractivity contribution in [3.63, 3.8) is 0 Å². The minimum Gasteiger partial charge on any atom is -0.465 e. The minimum absolute atomic E-state index is 0.0971. The Hall–Kier alpha value is -1.99. The number of rotatable bonds is 4. The van der Waals surface area contributed by atoms with Crippen molar-refractivity contribution in [2.45, 2.75) is 5.16 Å². The van der Waals surface area contributed by atoms with E-state index in [0.717, 1.165) is 0 Å². The molecule has 8 heteroatoms. The molecule has 6 nitrogen and oxygen atoms in total. The van der Waals surface area contributed by atoms with Gasteiger partial charge in [0, 0.05) is 0 Å². The Bertz CT molecular complexity index is 639. The molecular formula is C12H10ClN3O3S. The van der Waals surface area contributed by atoms with Crippen LogP contribution >= 0.6 is 23.4 Å². The number of benzene rings is 1. The van der Waals surface area contributed by atoms with E-state index in [-0.39, 0.29) is 11.6 Å². The summed E-state index contributed by atoms with van der Waals surface area (Å²) in [6.07, 6.45) is 1.92. The lowest BCUT2D eigenvalue weighted by Gasteiger charge is -2.11. The zero-order valence-corrected chi connectivity index (χ0v) is 11.9. The summed E-state index contributed by atoms with van der Waals surface area (Å²) in [7, 11) is 0. The molecule has 0 atom stereocenters. The van der Waals surface area contributed by atoms with Gasteiger partial charge in [-0.05, 0) is 18.4 Å². The average molecular weight is 312 g/mol. The standard InChI is InChI=1S/C12H10ClN3O3S/c1-20-11-14-6-8(15-12(17)18)10(16-11)19-9-5-3-2-4-7(9)13/h2-6,15H,1H3,(H,17,18). The summed E-state index contributed by atoms with van der Waals surface area (Å²) in [4.78, 5) is 18.9. The summed E-state index contributed by atoms with van der Waals surface area (Å²) in [5, 5.41) is 11.8.